The second-order valence-electron chi connectivity index (χ2n) is 7.15. The van der Waals surface area contributed by atoms with Crippen molar-refractivity contribution in [3.63, 3.8) is 0 Å². The molecule has 9 nitrogen and oxygen atoms in total. The predicted molar refractivity (Wildman–Crippen MR) is 119 cm³/mol. The molecule has 0 aliphatic heterocycles. The second-order valence-corrected chi connectivity index (χ2v) is 10.4. The van der Waals surface area contributed by atoms with Gasteiger partial charge in [-0.1, -0.05) is 0 Å². The van der Waals surface area contributed by atoms with Crippen molar-refractivity contribution in [2.24, 2.45) is 0 Å². The van der Waals surface area contributed by atoms with Gasteiger partial charge in [0.25, 0.3) is 5.91 Å². The third-order valence-electron chi connectivity index (χ3n) is 5.04. The van der Waals surface area contributed by atoms with Crippen molar-refractivity contribution in [3.8, 4) is 5.75 Å². The number of carbonyl (C=O) groups is 3. The zero-order chi connectivity index (χ0) is 23.3. The first-order valence-electron chi connectivity index (χ1n) is 9.95. The maximum atomic E-state index is 12.5. The fraction of sp³-hybridized carbons (Fsp3) is 0.381. The maximum Gasteiger partial charge on any atom is 0.413 e. The van der Waals surface area contributed by atoms with Gasteiger partial charge in [0, 0.05) is 11.3 Å². The molecule has 172 valence electrons. The number of sulfone groups is 1. The van der Waals surface area contributed by atoms with Crippen LogP contribution in [0.4, 0.5) is 9.80 Å². The van der Waals surface area contributed by atoms with Crippen LogP contribution in [0.1, 0.15) is 40.1 Å². The monoisotopic (exact) mass is 480 g/mol. The molecule has 11 heteroatoms. The van der Waals surface area contributed by atoms with Gasteiger partial charge in [0.05, 0.1) is 30.4 Å². The highest BCUT2D eigenvalue weighted by molar-refractivity contribution is 7.91. The zero-order valence-corrected chi connectivity index (χ0v) is 19.4. The van der Waals surface area contributed by atoms with Gasteiger partial charge >= 0.3 is 6.09 Å². The fourth-order valence-corrected chi connectivity index (χ4v) is 6.07. The normalized spacial score (nSPS) is 12.7. The molecule has 0 saturated carbocycles. The van der Waals surface area contributed by atoms with Crippen molar-refractivity contribution in [1.82, 2.24) is 5.32 Å². The number of imide groups is 1. The summed E-state index contributed by atoms with van der Waals surface area (Å²) in [7, 11) is -0.887. The van der Waals surface area contributed by atoms with Crippen LogP contribution in [0.15, 0.2) is 29.2 Å². The van der Waals surface area contributed by atoms with Crippen LogP contribution in [-0.2, 0) is 32.2 Å². The van der Waals surface area contributed by atoms with Crippen LogP contribution in [0.3, 0.4) is 0 Å². The van der Waals surface area contributed by atoms with Crippen LogP contribution in [0.25, 0.3) is 0 Å². The number of fused-ring (bicyclic) bond motifs is 1. The molecule has 3 rings (SSSR count). The van der Waals surface area contributed by atoms with Crippen molar-refractivity contribution >= 4 is 44.1 Å². The Labute approximate surface area is 190 Å². The standard InChI is InChI=1S/C21H24N2O7S2/c1-29-13-8-10-14(11-9-13)32(27,28)12-4-7-17(24)22-20-18(19(25)23-21(26)30-2)15-5-3-6-16(15)31-20/h8-11H,3-7,12H2,1-2H3,(H,22,24)(H,23,25,26). The number of nitrogens with one attached hydrogen (secondary N) is 2. The molecule has 0 radical (unpaired) electrons. The molecular weight excluding hydrogens is 456 g/mol. The lowest BCUT2D eigenvalue weighted by molar-refractivity contribution is -0.116. The van der Waals surface area contributed by atoms with Crippen LogP contribution in [0.2, 0.25) is 0 Å². The van der Waals surface area contributed by atoms with Crippen LogP contribution in [0, 0.1) is 0 Å². The summed E-state index contributed by atoms with van der Waals surface area (Å²) in [5.74, 6) is -0.669. The molecule has 2 N–H and O–H groups in total. The Hall–Kier alpha value is -2.92. The van der Waals surface area contributed by atoms with Gasteiger partial charge in [-0.25, -0.2) is 13.2 Å². The van der Waals surface area contributed by atoms with E-state index in [2.05, 4.69) is 15.4 Å². The summed E-state index contributed by atoms with van der Waals surface area (Å²) in [5, 5.41) is 5.20. The van der Waals surface area contributed by atoms with E-state index in [0.717, 1.165) is 30.4 Å². The number of methoxy groups -OCH3 is 2. The molecule has 1 aliphatic rings. The Bertz CT molecular complexity index is 1120. The SMILES string of the molecule is COC(=O)NC(=O)c1c(NC(=O)CCCS(=O)(=O)c2ccc(OC)cc2)sc2c1CCC2. The molecule has 0 fully saturated rings. The third kappa shape index (κ3) is 5.46. The van der Waals surface area contributed by atoms with Crippen molar-refractivity contribution in [2.45, 2.75) is 37.0 Å². The Morgan fingerprint density at radius 3 is 2.47 bits per heavy atom. The first-order valence-corrected chi connectivity index (χ1v) is 12.4. The molecule has 1 aromatic heterocycles. The summed E-state index contributed by atoms with van der Waals surface area (Å²) in [6, 6.07) is 6.06. The number of thiophene rings is 1. The van der Waals surface area contributed by atoms with Crippen LogP contribution in [-0.4, -0.2) is 46.3 Å². The van der Waals surface area contributed by atoms with Crippen molar-refractivity contribution in [1.29, 1.82) is 0 Å². The number of hydrogen-bond donors (Lipinski definition) is 2. The van der Waals surface area contributed by atoms with Gasteiger partial charge in [0.15, 0.2) is 9.84 Å². The third-order valence-corrected chi connectivity index (χ3v) is 8.06. The Morgan fingerprint density at radius 2 is 1.81 bits per heavy atom. The zero-order valence-electron chi connectivity index (χ0n) is 17.7. The van der Waals surface area contributed by atoms with Gasteiger partial charge < -0.3 is 14.8 Å². The van der Waals surface area contributed by atoms with Crippen molar-refractivity contribution in [3.05, 3.63) is 40.3 Å². The molecule has 0 unspecified atom stereocenters. The quantitative estimate of drug-likeness (QED) is 0.594. The number of rotatable bonds is 8. The van der Waals surface area contributed by atoms with E-state index in [1.54, 1.807) is 12.1 Å². The van der Waals surface area contributed by atoms with Crippen molar-refractivity contribution in [2.75, 3.05) is 25.3 Å². The van der Waals surface area contributed by atoms with Crippen LogP contribution >= 0.6 is 11.3 Å². The minimum atomic E-state index is -3.54. The summed E-state index contributed by atoms with van der Waals surface area (Å²) < 4.78 is 34.4. The van der Waals surface area contributed by atoms with Gasteiger partial charge in [-0.3, -0.25) is 14.9 Å². The summed E-state index contributed by atoms with van der Waals surface area (Å²) in [5.41, 5.74) is 1.10. The van der Waals surface area contributed by atoms with E-state index in [0.29, 0.717) is 17.2 Å². The Morgan fingerprint density at radius 1 is 1.09 bits per heavy atom. The minimum absolute atomic E-state index is 0.0317. The molecule has 0 spiro atoms. The molecule has 32 heavy (non-hydrogen) atoms. The minimum Gasteiger partial charge on any atom is -0.497 e. The average Bonchev–Trinajstić information content (AvgIpc) is 3.34. The maximum absolute atomic E-state index is 12.5. The van der Waals surface area contributed by atoms with Crippen LogP contribution in [0.5, 0.6) is 5.75 Å². The number of anilines is 1. The van der Waals surface area contributed by atoms with Gasteiger partial charge in [-0.05, 0) is 55.5 Å². The fourth-order valence-electron chi connectivity index (χ4n) is 3.45. The number of ether oxygens (including phenoxy) is 2. The van der Waals surface area contributed by atoms with Gasteiger partial charge in [0.1, 0.15) is 10.8 Å². The average molecular weight is 481 g/mol. The van der Waals surface area contributed by atoms with E-state index in [1.165, 1.54) is 30.6 Å². The largest absolute Gasteiger partial charge is 0.497 e. The smallest absolute Gasteiger partial charge is 0.413 e. The summed E-state index contributed by atoms with van der Waals surface area (Å²) in [6.45, 7) is 0. The molecule has 3 amide bonds. The topological polar surface area (TPSA) is 128 Å². The molecule has 1 aliphatic carbocycles. The van der Waals surface area contributed by atoms with E-state index < -0.39 is 27.7 Å². The number of benzene rings is 1. The van der Waals surface area contributed by atoms with Gasteiger partial charge in [-0.15, -0.1) is 11.3 Å². The number of amides is 3. The highest BCUT2D eigenvalue weighted by atomic mass is 32.2. The van der Waals surface area contributed by atoms with Crippen molar-refractivity contribution < 1.29 is 32.3 Å². The number of alkyl carbamates (subject to hydrolysis) is 1. The highest BCUT2D eigenvalue weighted by Crippen LogP contribution is 2.39. The van der Waals surface area contributed by atoms with E-state index in [4.69, 9.17) is 4.74 Å². The lowest BCUT2D eigenvalue weighted by Crippen LogP contribution is -2.31. The molecule has 1 aromatic carbocycles. The van der Waals surface area contributed by atoms with E-state index in [1.807, 2.05) is 0 Å². The summed E-state index contributed by atoms with van der Waals surface area (Å²) in [6.07, 6.45) is 1.59. The number of aryl methyl sites for hydroxylation is 1. The lowest BCUT2D eigenvalue weighted by Gasteiger charge is -2.09. The molecule has 2 aromatic rings. The molecule has 0 atom stereocenters. The van der Waals surface area contributed by atoms with Gasteiger partial charge in [0.2, 0.25) is 5.91 Å². The van der Waals surface area contributed by atoms with Gasteiger partial charge in [-0.2, -0.15) is 0 Å². The van der Waals surface area contributed by atoms with E-state index in [-0.39, 0.29) is 29.1 Å². The molecule has 0 bridgehead atoms. The Balaban J connectivity index is 1.62. The Kier molecular flexibility index (Phi) is 7.52. The lowest BCUT2D eigenvalue weighted by atomic mass is 10.1. The summed E-state index contributed by atoms with van der Waals surface area (Å²) >= 11 is 1.30. The number of carbonyl (C=O) groups excluding carboxylic acids is 3. The predicted octanol–water partition coefficient (Wildman–Crippen LogP) is 2.93. The number of hydrogen-bond acceptors (Lipinski definition) is 8. The molecular formula is C21H24N2O7S2. The second kappa shape index (κ2) is 10.1. The van der Waals surface area contributed by atoms with E-state index in [9.17, 15) is 22.8 Å². The highest BCUT2D eigenvalue weighted by Gasteiger charge is 2.28. The molecule has 1 heterocycles. The first-order chi connectivity index (χ1) is 15.2. The first kappa shape index (κ1) is 23.7. The summed E-state index contributed by atoms with van der Waals surface area (Å²) in [4.78, 5) is 37.6. The molecule has 0 saturated heterocycles. The van der Waals surface area contributed by atoms with E-state index >= 15 is 0 Å². The van der Waals surface area contributed by atoms with Crippen LogP contribution < -0.4 is 15.4 Å².